The van der Waals surface area contributed by atoms with Crippen LogP contribution in [0.2, 0.25) is 0 Å². The van der Waals surface area contributed by atoms with Crippen molar-refractivity contribution in [3.63, 3.8) is 0 Å². The average molecular weight is 497 g/mol. The molecule has 37 heavy (non-hydrogen) atoms. The van der Waals surface area contributed by atoms with Crippen molar-refractivity contribution in [1.82, 2.24) is 14.5 Å². The predicted molar refractivity (Wildman–Crippen MR) is 148 cm³/mol. The molecule has 0 aliphatic rings. The fourth-order valence-electron chi connectivity index (χ4n) is 4.67. The molecule has 1 atom stereocenters. The Hall–Kier alpha value is -3.90. The summed E-state index contributed by atoms with van der Waals surface area (Å²) in [6.07, 6.45) is 2.80. The molecule has 6 nitrogen and oxygen atoms in total. The van der Waals surface area contributed by atoms with E-state index < -0.39 is 0 Å². The van der Waals surface area contributed by atoms with Crippen LogP contribution in [0.1, 0.15) is 48.1 Å². The molecule has 1 amide bonds. The van der Waals surface area contributed by atoms with Gasteiger partial charge in [0.25, 0.3) is 5.91 Å². The summed E-state index contributed by atoms with van der Waals surface area (Å²) in [5, 5.41) is 0. The molecule has 1 aromatic heterocycles. The maximum absolute atomic E-state index is 13.8. The van der Waals surface area contributed by atoms with E-state index in [1.807, 2.05) is 77.7 Å². The Balaban J connectivity index is 1.83. The van der Waals surface area contributed by atoms with Crippen molar-refractivity contribution in [3.05, 3.63) is 108 Å². The number of hydrogen-bond acceptors (Lipinski definition) is 4. The summed E-state index contributed by atoms with van der Waals surface area (Å²) in [5.74, 6) is 1.75. The number of nitrogens with two attached hydrogens (primary N) is 1. The van der Waals surface area contributed by atoms with Gasteiger partial charge in [0, 0.05) is 30.4 Å². The normalized spacial score (nSPS) is 11.9. The number of hydrogen-bond donors (Lipinski definition) is 1. The van der Waals surface area contributed by atoms with Crippen molar-refractivity contribution in [2.45, 2.75) is 32.9 Å². The molecule has 4 aromatic rings. The average Bonchev–Trinajstić information content (AvgIpc) is 3.34. The number of carbonyl (C=O) groups is 1. The van der Waals surface area contributed by atoms with Crippen molar-refractivity contribution in [2.75, 3.05) is 20.2 Å². The van der Waals surface area contributed by atoms with Gasteiger partial charge in [-0.25, -0.2) is 4.98 Å². The number of carbonyl (C=O) groups excluding carboxylic acids is 1. The molecule has 0 saturated heterocycles. The Bertz CT molecular complexity index is 1290. The van der Waals surface area contributed by atoms with Crippen molar-refractivity contribution < 1.29 is 9.53 Å². The van der Waals surface area contributed by atoms with E-state index in [0.717, 1.165) is 22.8 Å². The fraction of sp³-hybridized carbons (Fsp3) is 0.290. The number of methoxy groups -OCH3 is 1. The van der Waals surface area contributed by atoms with E-state index in [1.165, 1.54) is 5.56 Å². The van der Waals surface area contributed by atoms with Gasteiger partial charge in [-0.3, -0.25) is 4.79 Å². The van der Waals surface area contributed by atoms with E-state index in [0.29, 0.717) is 31.6 Å². The summed E-state index contributed by atoms with van der Waals surface area (Å²) in [6, 6.07) is 27.5. The monoisotopic (exact) mass is 496 g/mol. The first-order valence-corrected chi connectivity index (χ1v) is 12.8. The lowest BCUT2D eigenvalue weighted by Gasteiger charge is -2.34. The number of imidazole rings is 1. The van der Waals surface area contributed by atoms with Gasteiger partial charge in [0.15, 0.2) is 0 Å². The first kappa shape index (κ1) is 26.2. The van der Waals surface area contributed by atoms with Crippen LogP contribution < -0.4 is 10.5 Å². The van der Waals surface area contributed by atoms with Crippen molar-refractivity contribution in [1.29, 1.82) is 0 Å². The SMILES string of the molecule is COc1cccc(-c2cn(Cc3ccccc3)c([C@@H](C(C)C)N(CCCN)C(=O)c3ccccc3)n2)c1. The van der Waals surface area contributed by atoms with E-state index >= 15 is 0 Å². The van der Waals surface area contributed by atoms with Gasteiger partial charge >= 0.3 is 0 Å². The minimum absolute atomic E-state index is 0.00931. The molecule has 0 unspecified atom stereocenters. The second-order valence-electron chi connectivity index (χ2n) is 9.53. The van der Waals surface area contributed by atoms with Crippen LogP contribution in [0.5, 0.6) is 5.75 Å². The van der Waals surface area contributed by atoms with Crippen LogP contribution >= 0.6 is 0 Å². The third-order valence-electron chi connectivity index (χ3n) is 6.49. The Labute approximate surface area is 219 Å². The molecule has 0 saturated carbocycles. The van der Waals surface area contributed by atoms with Gasteiger partial charge in [-0.2, -0.15) is 0 Å². The summed E-state index contributed by atoms with van der Waals surface area (Å²) in [7, 11) is 1.66. The summed E-state index contributed by atoms with van der Waals surface area (Å²) in [5.41, 5.74) is 9.55. The predicted octanol–water partition coefficient (Wildman–Crippen LogP) is 5.80. The molecule has 0 aliphatic heterocycles. The second kappa shape index (κ2) is 12.4. The van der Waals surface area contributed by atoms with Gasteiger partial charge < -0.3 is 19.9 Å². The van der Waals surface area contributed by atoms with Crippen LogP contribution in [-0.4, -0.2) is 40.6 Å². The Kier molecular flexibility index (Phi) is 8.75. The summed E-state index contributed by atoms with van der Waals surface area (Å²) in [4.78, 5) is 20.9. The van der Waals surface area contributed by atoms with E-state index in [-0.39, 0.29) is 17.9 Å². The standard InChI is InChI=1S/C31H36N4O2/c1-23(2)29(35(19-11-18-32)31(36)25-14-8-5-9-15-25)30-33-28(26-16-10-17-27(20-26)37-3)22-34(30)21-24-12-6-4-7-13-24/h4-10,12-17,20,22-23,29H,11,18-19,21,32H2,1-3H3/t29-/m1/s1. The molecular formula is C31H36N4O2. The number of rotatable bonds is 11. The maximum Gasteiger partial charge on any atom is 0.254 e. The van der Waals surface area contributed by atoms with Gasteiger partial charge in [0.2, 0.25) is 0 Å². The summed E-state index contributed by atoms with van der Waals surface area (Å²) >= 11 is 0. The molecule has 0 spiro atoms. The quantitative estimate of drug-likeness (QED) is 0.285. The first-order chi connectivity index (χ1) is 18.0. The maximum atomic E-state index is 13.8. The van der Waals surface area contributed by atoms with Gasteiger partial charge in [-0.15, -0.1) is 0 Å². The van der Waals surface area contributed by atoms with Gasteiger partial charge in [0.1, 0.15) is 11.6 Å². The zero-order chi connectivity index (χ0) is 26.2. The molecule has 0 radical (unpaired) electrons. The minimum Gasteiger partial charge on any atom is -0.497 e. The first-order valence-electron chi connectivity index (χ1n) is 12.8. The molecule has 192 valence electrons. The zero-order valence-electron chi connectivity index (χ0n) is 21.9. The number of ether oxygens (including phenoxy) is 1. The van der Waals surface area contributed by atoms with Crippen LogP contribution in [0.4, 0.5) is 0 Å². The van der Waals surface area contributed by atoms with Gasteiger partial charge in [0.05, 0.1) is 18.8 Å². The third kappa shape index (κ3) is 6.27. The summed E-state index contributed by atoms with van der Waals surface area (Å²) < 4.78 is 7.64. The molecule has 6 heteroatoms. The van der Waals surface area contributed by atoms with E-state index in [1.54, 1.807) is 7.11 Å². The highest BCUT2D eigenvalue weighted by atomic mass is 16.5. The zero-order valence-corrected chi connectivity index (χ0v) is 21.9. The molecule has 4 rings (SSSR count). The smallest absolute Gasteiger partial charge is 0.254 e. The lowest BCUT2D eigenvalue weighted by Crippen LogP contribution is -2.40. The van der Waals surface area contributed by atoms with E-state index in [2.05, 4.69) is 36.7 Å². The summed E-state index contributed by atoms with van der Waals surface area (Å²) in [6.45, 7) is 6.01. The lowest BCUT2D eigenvalue weighted by molar-refractivity contribution is 0.0604. The lowest BCUT2D eigenvalue weighted by atomic mass is 9.99. The Morgan fingerprint density at radius 3 is 2.35 bits per heavy atom. The van der Waals surface area contributed by atoms with Gasteiger partial charge in [-0.05, 0) is 48.7 Å². The molecule has 3 aromatic carbocycles. The van der Waals surface area contributed by atoms with Crippen LogP contribution in [-0.2, 0) is 6.54 Å². The van der Waals surface area contributed by atoms with Crippen molar-refractivity contribution in [2.24, 2.45) is 11.7 Å². The molecule has 2 N–H and O–H groups in total. The molecular weight excluding hydrogens is 460 g/mol. The highest BCUT2D eigenvalue weighted by Crippen LogP contribution is 2.33. The third-order valence-corrected chi connectivity index (χ3v) is 6.49. The van der Waals surface area contributed by atoms with E-state index in [9.17, 15) is 4.79 Å². The van der Waals surface area contributed by atoms with E-state index in [4.69, 9.17) is 15.5 Å². The van der Waals surface area contributed by atoms with Crippen LogP contribution in [0.3, 0.4) is 0 Å². The Morgan fingerprint density at radius 1 is 1.00 bits per heavy atom. The van der Waals surface area contributed by atoms with Crippen molar-refractivity contribution in [3.8, 4) is 17.0 Å². The number of nitrogens with zero attached hydrogens (tertiary/aromatic N) is 3. The topological polar surface area (TPSA) is 73.4 Å². The minimum atomic E-state index is -0.234. The van der Waals surface area contributed by atoms with Crippen molar-refractivity contribution >= 4 is 5.91 Å². The van der Waals surface area contributed by atoms with Crippen LogP contribution in [0.25, 0.3) is 11.3 Å². The van der Waals surface area contributed by atoms with Crippen LogP contribution in [0.15, 0.2) is 91.1 Å². The molecule has 0 aliphatic carbocycles. The second-order valence-corrected chi connectivity index (χ2v) is 9.53. The molecule has 0 fully saturated rings. The van der Waals surface area contributed by atoms with Gasteiger partial charge in [-0.1, -0.05) is 74.5 Å². The number of benzene rings is 3. The number of amides is 1. The molecule has 0 bridgehead atoms. The largest absolute Gasteiger partial charge is 0.497 e. The highest BCUT2D eigenvalue weighted by molar-refractivity contribution is 5.94. The number of aromatic nitrogens is 2. The molecule has 1 heterocycles. The fourth-order valence-corrected chi connectivity index (χ4v) is 4.67. The highest BCUT2D eigenvalue weighted by Gasteiger charge is 2.32. The van der Waals surface area contributed by atoms with Crippen LogP contribution in [0, 0.1) is 5.92 Å². The Morgan fingerprint density at radius 2 is 1.70 bits per heavy atom.